The number of nitro groups is 1. The van der Waals surface area contributed by atoms with Gasteiger partial charge in [-0.25, -0.2) is 0 Å². The first-order chi connectivity index (χ1) is 9.67. The first-order valence-corrected chi connectivity index (χ1v) is 7.25. The molecule has 1 saturated carbocycles. The van der Waals surface area contributed by atoms with Gasteiger partial charge in [-0.2, -0.15) is 0 Å². The van der Waals surface area contributed by atoms with Gasteiger partial charge in [-0.3, -0.25) is 10.1 Å². The lowest BCUT2D eigenvalue weighted by Gasteiger charge is -2.36. The number of nitro benzene ring substituents is 1. The lowest BCUT2D eigenvalue weighted by Crippen LogP contribution is -2.50. The molecule has 5 nitrogen and oxygen atoms in total. The van der Waals surface area contributed by atoms with Crippen LogP contribution in [0.2, 0.25) is 0 Å². The molecule has 0 radical (unpaired) electrons. The molecule has 0 heterocycles. The Morgan fingerprint density at radius 1 is 1.25 bits per heavy atom. The van der Waals surface area contributed by atoms with Gasteiger partial charge in [-0.05, 0) is 19.3 Å². The molecule has 1 aliphatic carbocycles. The molecule has 5 heteroatoms. The van der Waals surface area contributed by atoms with Crippen LogP contribution in [-0.4, -0.2) is 28.7 Å². The van der Waals surface area contributed by atoms with Gasteiger partial charge in [-0.15, -0.1) is 0 Å². The molecular formula is C15H22N2O3. The third kappa shape index (κ3) is 3.55. The van der Waals surface area contributed by atoms with Crippen molar-refractivity contribution in [3.05, 3.63) is 39.9 Å². The summed E-state index contributed by atoms with van der Waals surface area (Å²) in [5.41, 5.74) is 0.742. The molecule has 0 bridgehead atoms. The number of aliphatic hydroxyl groups excluding tert-OH is 1. The van der Waals surface area contributed by atoms with Crippen molar-refractivity contribution in [2.75, 3.05) is 13.2 Å². The molecule has 0 spiro atoms. The van der Waals surface area contributed by atoms with E-state index in [0.717, 1.165) is 31.2 Å². The SMILES string of the molecule is O=[N+]([O-])c1ccccc1CCNC1(CO)CCCCC1. The van der Waals surface area contributed by atoms with Crippen LogP contribution < -0.4 is 5.32 Å². The van der Waals surface area contributed by atoms with Crippen LogP contribution in [0.4, 0.5) is 5.69 Å². The van der Waals surface area contributed by atoms with Crippen molar-refractivity contribution >= 4 is 5.69 Å². The summed E-state index contributed by atoms with van der Waals surface area (Å²) < 4.78 is 0. The predicted octanol–water partition coefficient (Wildman–Crippen LogP) is 2.42. The summed E-state index contributed by atoms with van der Waals surface area (Å²) >= 11 is 0. The van der Waals surface area contributed by atoms with Crippen LogP contribution in [0.5, 0.6) is 0 Å². The summed E-state index contributed by atoms with van der Waals surface area (Å²) in [6.45, 7) is 0.801. The number of hydrogen-bond acceptors (Lipinski definition) is 4. The molecule has 1 fully saturated rings. The molecule has 1 aromatic rings. The molecule has 0 aromatic heterocycles. The number of hydrogen-bond donors (Lipinski definition) is 2. The molecule has 0 aliphatic heterocycles. The van der Waals surface area contributed by atoms with Crippen LogP contribution in [0, 0.1) is 10.1 Å². The Hall–Kier alpha value is -1.46. The molecule has 1 aromatic carbocycles. The third-order valence-electron chi connectivity index (χ3n) is 4.20. The number of nitrogens with one attached hydrogen (secondary N) is 1. The van der Waals surface area contributed by atoms with Gasteiger partial charge in [0.2, 0.25) is 0 Å². The minimum absolute atomic E-state index is 0.143. The van der Waals surface area contributed by atoms with E-state index in [1.165, 1.54) is 12.5 Å². The Labute approximate surface area is 119 Å². The van der Waals surface area contributed by atoms with Gasteiger partial charge in [0.15, 0.2) is 0 Å². The zero-order valence-corrected chi connectivity index (χ0v) is 11.7. The zero-order chi connectivity index (χ0) is 14.4. The largest absolute Gasteiger partial charge is 0.394 e. The van der Waals surface area contributed by atoms with E-state index in [1.807, 2.05) is 6.07 Å². The highest BCUT2D eigenvalue weighted by Gasteiger charge is 2.30. The summed E-state index contributed by atoms with van der Waals surface area (Å²) in [6.07, 6.45) is 6.09. The van der Waals surface area contributed by atoms with Crippen molar-refractivity contribution in [2.45, 2.75) is 44.1 Å². The van der Waals surface area contributed by atoms with Crippen molar-refractivity contribution < 1.29 is 10.0 Å². The van der Waals surface area contributed by atoms with E-state index in [9.17, 15) is 15.2 Å². The van der Waals surface area contributed by atoms with Gasteiger partial charge >= 0.3 is 0 Å². The third-order valence-corrected chi connectivity index (χ3v) is 4.20. The minimum atomic E-state index is -0.336. The molecule has 20 heavy (non-hydrogen) atoms. The normalized spacial score (nSPS) is 17.9. The van der Waals surface area contributed by atoms with Gasteiger partial charge in [0.05, 0.1) is 11.5 Å². The van der Waals surface area contributed by atoms with E-state index in [0.29, 0.717) is 13.0 Å². The number of aliphatic hydroxyl groups is 1. The Balaban J connectivity index is 1.94. The monoisotopic (exact) mass is 278 g/mol. The fourth-order valence-electron chi connectivity index (χ4n) is 2.98. The van der Waals surface area contributed by atoms with E-state index in [2.05, 4.69) is 5.32 Å². The van der Waals surface area contributed by atoms with Crippen LogP contribution in [0.3, 0.4) is 0 Å². The van der Waals surface area contributed by atoms with Crippen LogP contribution in [0.15, 0.2) is 24.3 Å². The molecule has 110 valence electrons. The highest BCUT2D eigenvalue weighted by molar-refractivity contribution is 5.39. The number of benzene rings is 1. The molecular weight excluding hydrogens is 256 g/mol. The van der Waals surface area contributed by atoms with Crippen molar-refractivity contribution in [3.63, 3.8) is 0 Å². The molecule has 1 aliphatic rings. The zero-order valence-electron chi connectivity index (χ0n) is 11.7. The maximum atomic E-state index is 11.0. The van der Waals surface area contributed by atoms with E-state index in [1.54, 1.807) is 12.1 Å². The van der Waals surface area contributed by atoms with Gasteiger partial charge in [0.25, 0.3) is 5.69 Å². The summed E-state index contributed by atoms with van der Waals surface area (Å²) in [7, 11) is 0. The average molecular weight is 278 g/mol. The van der Waals surface area contributed by atoms with E-state index in [-0.39, 0.29) is 22.8 Å². The molecule has 0 atom stereocenters. The van der Waals surface area contributed by atoms with E-state index < -0.39 is 0 Å². The highest BCUT2D eigenvalue weighted by Crippen LogP contribution is 2.28. The smallest absolute Gasteiger partial charge is 0.272 e. The summed E-state index contributed by atoms with van der Waals surface area (Å²) in [4.78, 5) is 10.6. The predicted molar refractivity (Wildman–Crippen MR) is 77.7 cm³/mol. The van der Waals surface area contributed by atoms with Crippen LogP contribution in [0.1, 0.15) is 37.7 Å². The lowest BCUT2D eigenvalue weighted by atomic mass is 9.82. The number of rotatable bonds is 6. The Kier molecular flexibility index (Phi) is 5.09. The first kappa shape index (κ1) is 14.9. The van der Waals surface area contributed by atoms with Crippen molar-refractivity contribution in [1.29, 1.82) is 0 Å². The Bertz CT molecular complexity index is 456. The van der Waals surface area contributed by atoms with Crippen molar-refractivity contribution in [2.24, 2.45) is 0 Å². The molecule has 0 saturated heterocycles. The molecule has 2 N–H and O–H groups in total. The van der Waals surface area contributed by atoms with Crippen LogP contribution in [-0.2, 0) is 6.42 Å². The second-order valence-corrected chi connectivity index (χ2v) is 5.56. The maximum Gasteiger partial charge on any atom is 0.272 e. The summed E-state index contributed by atoms with van der Waals surface area (Å²) in [6, 6.07) is 6.85. The molecule has 0 unspecified atom stereocenters. The van der Waals surface area contributed by atoms with Crippen LogP contribution in [0.25, 0.3) is 0 Å². The first-order valence-electron chi connectivity index (χ1n) is 7.25. The fraction of sp³-hybridized carbons (Fsp3) is 0.600. The standard InChI is InChI=1S/C15H22N2O3/c18-12-15(9-4-1-5-10-15)16-11-8-13-6-2-3-7-14(13)17(19)20/h2-3,6-7,16,18H,1,4-5,8-12H2. The Morgan fingerprint density at radius 2 is 1.95 bits per heavy atom. The van der Waals surface area contributed by atoms with Gasteiger partial charge in [0.1, 0.15) is 0 Å². The highest BCUT2D eigenvalue weighted by atomic mass is 16.6. The number of para-hydroxylation sites is 1. The fourth-order valence-corrected chi connectivity index (χ4v) is 2.98. The van der Waals surface area contributed by atoms with Crippen molar-refractivity contribution in [3.8, 4) is 0 Å². The van der Waals surface area contributed by atoms with Gasteiger partial charge < -0.3 is 10.4 Å². The molecule has 0 amide bonds. The summed E-state index contributed by atoms with van der Waals surface area (Å²) in [5.74, 6) is 0. The number of nitrogens with zero attached hydrogens (tertiary/aromatic N) is 1. The minimum Gasteiger partial charge on any atom is -0.394 e. The topological polar surface area (TPSA) is 75.4 Å². The van der Waals surface area contributed by atoms with Gasteiger partial charge in [-0.1, -0.05) is 37.5 Å². The lowest BCUT2D eigenvalue weighted by molar-refractivity contribution is -0.385. The van der Waals surface area contributed by atoms with Crippen molar-refractivity contribution in [1.82, 2.24) is 5.32 Å². The van der Waals surface area contributed by atoms with E-state index in [4.69, 9.17) is 0 Å². The van der Waals surface area contributed by atoms with E-state index >= 15 is 0 Å². The average Bonchev–Trinajstić information content (AvgIpc) is 2.48. The van der Waals surface area contributed by atoms with Gasteiger partial charge in [0, 0.05) is 23.7 Å². The summed E-state index contributed by atoms with van der Waals surface area (Å²) in [5, 5.41) is 24.0. The quantitative estimate of drug-likeness (QED) is 0.619. The second-order valence-electron chi connectivity index (χ2n) is 5.56. The van der Waals surface area contributed by atoms with Crippen LogP contribution >= 0.6 is 0 Å². The maximum absolute atomic E-state index is 11.0. The second kappa shape index (κ2) is 6.81. The Morgan fingerprint density at radius 3 is 2.60 bits per heavy atom. The molecule has 2 rings (SSSR count).